The Morgan fingerprint density at radius 1 is 0.862 bits per heavy atom. The average Bonchev–Trinajstić information content (AvgIpc) is 2.79. The number of pyridine rings is 2. The molecule has 4 aromatic rings. The number of aromatic nitrogens is 2. The summed E-state index contributed by atoms with van der Waals surface area (Å²) in [6.07, 6.45) is 5.72. The SMILES string of the molecule is N#Cc1cncc(-c2ccc3ncc(C#N)c(NCCc4ccccc4)c3c2)c1. The van der Waals surface area contributed by atoms with Crippen LogP contribution in [0.1, 0.15) is 16.7 Å². The molecule has 0 saturated carbocycles. The van der Waals surface area contributed by atoms with Gasteiger partial charge in [0.15, 0.2) is 0 Å². The normalized spacial score (nSPS) is 10.3. The van der Waals surface area contributed by atoms with E-state index >= 15 is 0 Å². The number of hydrogen-bond donors (Lipinski definition) is 1. The Morgan fingerprint density at radius 3 is 2.52 bits per heavy atom. The molecule has 4 rings (SSSR count). The molecule has 2 aromatic carbocycles. The fourth-order valence-corrected chi connectivity index (χ4v) is 3.28. The summed E-state index contributed by atoms with van der Waals surface area (Å²) >= 11 is 0. The van der Waals surface area contributed by atoms with Gasteiger partial charge in [-0.25, -0.2) is 0 Å². The van der Waals surface area contributed by atoms with Gasteiger partial charge < -0.3 is 5.32 Å². The molecule has 0 fully saturated rings. The average molecular weight is 375 g/mol. The molecule has 5 heteroatoms. The van der Waals surface area contributed by atoms with Crippen molar-refractivity contribution in [3.05, 3.63) is 89.9 Å². The highest BCUT2D eigenvalue weighted by Gasteiger charge is 2.11. The number of fused-ring (bicyclic) bond motifs is 1. The number of hydrogen-bond acceptors (Lipinski definition) is 5. The first kappa shape index (κ1) is 18.2. The van der Waals surface area contributed by atoms with Gasteiger partial charge in [0, 0.05) is 36.1 Å². The van der Waals surface area contributed by atoms with E-state index in [1.165, 1.54) is 11.8 Å². The van der Waals surface area contributed by atoms with Crippen molar-refractivity contribution in [2.75, 3.05) is 11.9 Å². The van der Waals surface area contributed by atoms with Crippen molar-refractivity contribution in [1.29, 1.82) is 10.5 Å². The van der Waals surface area contributed by atoms with E-state index in [1.807, 2.05) is 36.4 Å². The zero-order valence-electron chi connectivity index (χ0n) is 15.6. The van der Waals surface area contributed by atoms with Crippen LogP contribution in [0.4, 0.5) is 5.69 Å². The maximum absolute atomic E-state index is 9.57. The van der Waals surface area contributed by atoms with E-state index in [4.69, 9.17) is 5.26 Å². The second kappa shape index (κ2) is 8.21. The van der Waals surface area contributed by atoms with Gasteiger partial charge in [-0.1, -0.05) is 36.4 Å². The van der Waals surface area contributed by atoms with Gasteiger partial charge in [-0.3, -0.25) is 9.97 Å². The Hall–Kier alpha value is -4.22. The lowest BCUT2D eigenvalue weighted by atomic mass is 10.0. The second-order valence-electron chi connectivity index (χ2n) is 6.63. The maximum Gasteiger partial charge on any atom is 0.103 e. The van der Waals surface area contributed by atoms with Gasteiger partial charge in [0.2, 0.25) is 0 Å². The van der Waals surface area contributed by atoms with Crippen LogP contribution in [0.2, 0.25) is 0 Å². The summed E-state index contributed by atoms with van der Waals surface area (Å²) in [5.74, 6) is 0. The Bertz CT molecular complexity index is 1250. The van der Waals surface area contributed by atoms with Crippen LogP contribution in [0, 0.1) is 22.7 Å². The number of anilines is 1. The summed E-state index contributed by atoms with van der Waals surface area (Å²) in [4.78, 5) is 8.56. The highest BCUT2D eigenvalue weighted by Crippen LogP contribution is 2.30. The van der Waals surface area contributed by atoms with Crippen LogP contribution in [-0.4, -0.2) is 16.5 Å². The molecule has 0 atom stereocenters. The number of nitrogens with zero attached hydrogens (tertiary/aromatic N) is 4. The van der Waals surface area contributed by atoms with Gasteiger partial charge in [-0.05, 0) is 35.7 Å². The smallest absolute Gasteiger partial charge is 0.103 e. The highest BCUT2D eigenvalue weighted by atomic mass is 14.9. The molecule has 0 amide bonds. The molecule has 0 saturated heterocycles. The van der Waals surface area contributed by atoms with Crippen LogP contribution in [0.3, 0.4) is 0 Å². The van der Waals surface area contributed by atoms with E-state index in [0.29, 0.717) is 17.7 Å². The molecule has 0 aliphatic heterocycles. The Morgan fingerprint density at radius 2 is 1.72 bits per heavy atom. The van der Waals surface area contributed by atoms with Crippen molar-refractivity contribution >= 4 is 16.6 Å². The lowest BCUT2D eigenvalue weighted by molar-refractivity contribution is 1.02. The summed E-state index contributed by atoms with van der Waals surface area (Å²) in [5.41, 5.74) is 5.60. The van der Waals surface area contributed by atoms with E-state index < -0.39 is 0 Å². The maximum atomic E-state index is 9.57. The first-order valence-electron chi connectivity index (χ1n) is 9.24. The lowest BCUT2D eigenvalue weighted by Gasteiger charge is -2.13. The van der Waals surface area contributed by atoms with E-state index in [1.54, 1.807) is 18.5 Å². The molecule has 0 aliphatic carbocycles. The van der Waals surface area contributed by atoms with E-state index in [-0.39, 0.29) is 0 Å². The first-order chi connectivity index (χ1) is 14.3. The van der Waals surface area contributed by atoms with Crippen molar-refractivity contribution < 1.29 is 0 Å². The molecule has 0 aliphatic rings. The summed E-state index contributed by atoms with van der Waals surface area (Å²) < 4.78 is 0. The predicted octanol–water partition coefficient (Wildman–Crippen LogP) is 4.69. The molecule has 0 unspecified atom stereocenters. The Labute approximate surface area is 168 Å². The molecule has 138 valence electrons. The molecule has 29 heavy (non-hydrogen) atoms. The molecule has 0 radical (unpaired) electrons. The van der Waals surface area contributed by atoms with Crippen molar-refractivity contribution in [1.82, 2.24) is 9.97 Å². The molecule has 2 aromatic heterocycles. The van der Waals surface area contributed by atoms with Crippen molar-refractivity contribution in [2.24, 2.45) is 0 Å². The fourth-order valence-electron chi connectivity index (χ4n) is 3.28. The minimum Gasteiger partial charge on any atom is -0.383 e. The largest absolute Gasteiger partial charge is 0.383 e. The fraction of sp³-hybridized carbons (Fsp3) is 0.0833. The summed E-state index contributed by atoms with van der Waals surface area (Å²) in [6.45, 7) is 0.702. The van der Waals surface area contributed by atoms with Gasteiger partial charge in [0.25, 0.3) is 0 Å². The van der Waals surface area contributed by atoms with Crippen molar-refractivity contribution in [3.63, 3.8) is 0 Å². The third-order valence-electron chi connectivity index (χ3n) is 4.75. The summed E-state index contributed by atoms with van der Waals surface area (Å²) in [7, 11) is 0. The van der Waals surface area contributed by atoms with Crippen LogP contribution in [0.25, 0.3) is 22.0 Å². The molecular formula is C24H17N5. The molecule has 0 bridgehead atoms. The number of nitrogens with one attached hydrogen (secondary N) is 1. The zero-order valence-corrected chi connectivity index (χ0v) is 15.6. The second-order valence-corrected chi connectivity index (χ2v) is 6.63. The lowest BCUT2D eigenvalue weighted by Crippen LogP contribution is -2.07. The quantitative estimate of drug-likeness (QED) is 0.547. The Kier molecular flexibility index (Phi) is 5.14. The highest BCUT2D eigenvalue weighted by molar-refractivity contribution is 5.96. The minimum absolute atomic E-state index is 0.506. The van der Waals surface area contributed by atoms with Gasteiger partial charge in [-0.2, -0.15) is 10.5 Å². The van der Waals surface area contributed by atoms with Crippen LogP contribution in [0.15, 0.2) is 73.2 Å². The molecule has 0 spiro atoms. The van der Waals surface area contributed by atoms with E-state index in [2.05, 4.69) is 39.6 Å². The van der Waals surface area contributed by atoms with Crippen LogP contribution in [-0.2, 0) is 6.42 Å². The van der Waals surface area contributed by atoms with Gasteiger partial charge in [0.05, 0.1) is 22.3 Å². The van der Waals surface area contributed by atoms with E-state index in [9.17, 15) is 5.26 Å². The zero-order chi connectivity index (χ0) is 20.1. The van der Waals surface area contributed by atoms with Gasteiger partial charge >= 0.3 is 0 Å². The third-order valence-corrected chi connectivity index (χ3v) is 4.75. The molecule has 1 N–H and O–H groups in total. The monoisotopic (exact) mass is 375 g/mol. The van der Waals surface area contributed by atoms with Crippen molar-refractivity contribution in [2.45, 2.75) is 6.42 Å². The van der Waals surface area contributed by atoms with Crippen LogP contribution in [0.5, 0.6) is 0 Å². The summed E-state index contributed by atoms with van der Waals surface area (Å²) in [5, 5.41) is 23.0. The third kappa shape index (κ3) is 3.90. The van der Waals surface area contributed by atoms with E-state index in [0.717, 1.165) is 34.1 Å². The van der Waals surface area contributed by atoms with Gasteiger partial charge in [-0.15, -0.1) is 0 Å². The topological polar surface area (TPSA) is 85.4 Å². The Balaban J connectivity index is 1.71. The first-order valence-corrected chi connectivity index (χ1v) is 9.24. The van der Waals surface area contributed by atoms with Crippen LogP contribution < -0.4 is 5.32 Å². The summed E-state index contributed by atoms with van der Waals surface area (Å²) in [6, 6.07) is 22.2. The molecular weight excluding hydrogens is 358 g/mol. The predicted molar refractivity (Wildman–Crippen MR) is 113 cm³/mol. The van der Waals surface area contributed by atoms with Crippen molar-refractivity contribution in [3.8, 4) is 23.3 Å². The minimum atomic E-state index is 0.506. The van der Waals surface area contributed by atoms with Crippen LogP contribution >= 0.6 is 0 Å². The molecule has 5 nitrogen and oxygen atoms in total. The molecule has 2 heterocycles. The number of nitriles is 2. The number of rotatable bonds is 5. The van der Waals surface area contributed by atoms with Gasteiger partial charge in [0.1, 0.15) is 12.1 Å². The standard InChI is InChI=1S/C24H17N5/c25-12-18-10-20(15-27-14-18)19-6-7-23-22(11-19)24(21(13-26)16-29-23)28-9-8-17-4-2-1-3-5-17/h1-7,10-11,14-16H,8-9H2,(H,28,29). The number of benzene rings is 2.